The molecule has 1 fully saturated rings. The molecule has 1 aromatic rings. The Kier molecular flexibility index (Phi) is 2.40. The Morgan fingerprint density at radius 2 is 2.38 bits per heavy atom. The van der Waals surface area contributed by atoms with Crippen LogP contribution < -0.4 is 10.9 Å². The lowest BCUT2D eigenvalue weighted by molar-refractivity contribution is 0.451. The van der Waals surface area contributed by atoms with Gasteiger partial charge in [0, 0.05) is 18.5 Å². The molecule has 1 aromatic heterocycles. The number of aromatic amines is 1. The van der Waals surface area contributed by atoms with Crippen LogP contribution in [0.3, 0.4) is 0 Å². The Labute approximate surface area is 76.4 Å². The van der Waals surface area contributed by atoms with E-state index in [9.17, 15) is 4.79 Å². The molecule has 2 heterocycles. The summed E-state index contributed by atoms with van der Waals surface area (Å²) in [6.45, 7) is 2.07. The third-order valence-corrected chi connectivity index (χ3v) is 2.42. The molecule has 0 spiro atoms. The lowest BCUT2D eigenvalue weighted by atomic mass is 9.96. The smallest absolute Gasteiger partial charge is 0.264 e. The number of nitrogens with zero attached hydrogens (tertiary/aromatic N) is 1. The molecule has 4 heteroatoms. The highest BCUT2D eigenvalue weighted by Gasteiger charge is 2.15. The number of piperidine rings is 1. The summed E-state index contributed by atoms with van der Waals surface area (Å²) in [5.74, 6) is 0.464. The van der Waals surface area contributed by atoms with Gasteiger partial charge in [0.1, 0.15) is 0 Å². The molecule has 0 aliphatic carbocycles. The molecule has 4 nitrogen and oxygen atoms in total. The van der Waals surface area contributed by atoms with E-state index in [0.717, 1.165) is 25.2 Å². The summed E-state index contributed by atoms with van der Waals surface area (Å²) in [6.07, 6.45) is 2.34. The fourth-order valence-electron chi connectivity index (χ4n) is 1.69. The second-order valence-electron chi connectivity index (χ2n) is 3.39. The summed E-state index contributed by atoms with van der Waals surface area (Å²) < 4.78 is 0. The van der Waals surface area contributed by atoms with Crippen LogP contribution in [0.2, 0.25) is 0 Å². The quantitative estimate of drug-likeness (QED) is 0.649. The zero-order chi connectivity index (χ0) is 9.10. The van der Waals surface area contributed by atoms with E-state index in [1.54, 1.807) is 0 Å². The first-order valence-electron chi connectivity index (χ1n) is 4.62. The van der Waals surface area contributed by atoms with Crippen LogP contribution in [0, 0.1) is 0 Å². The van der Waals surface area contributed by atoms with E-state index in [4.69, 9.17) is 0 Å². The maximum Gasteiger partial charge on any atom is 0.264 e. The van der Waals surface area contributed by atoms with Crippen LogP contribution in [0.1, 0.15) is 24.5 Å². The highest BCUT2D eigenvalue weighted by atomic mass is 16.1. The monoisotopic (exact) mass is 179 g/mol. The summed E-state index contributed by atoms with van der Waals surface area (Å²) in [7, 11) is 0. The van der Waals surface area contributed by atoms with Gasteiger partial charge in [-0.05, 0) is 25.5 Å². The summed E-state index contributed by atoms with van der Waals surface area (Å²) in [5.41, 5.74) is 0.860. The molecule has 13 heavy (non-hydrogen) atoms. The zero-order valence-corrected chi connectivity index (χ0v) is 7.42. The van der Waals surface area contributed by atoms with Gasteiger partial charge in [-0.3, -0.25) is 4.79 Å². The molecule has 2 rings (SSSR count). The molecule has 0 bridgehead atoms. The zero-order valence-electron chi connectivity index (χ0n) is 7.42. The van der Waals surface area contributed by atoms with Crippen molar-refractivity contribution in [2.45, 2.75) is 18.8 Å². The summed E-state index contributed by atoms with van der Waals surface area (Å²) >= 11 is 0. The van der Waals surface area contributed by atoms with Crippen molar-refractivity contribution in [1.82, 2.24) is 15.5 Å². The van der Waals surface area contributed by atoms with Gasteiger partial charge in [0.05, 0.1) is 5.69 Å². The Bertz CT molecular complexity index is 307. The molecule has 0 aromatic carbocycles. The number of hydrogen-bond donors (Lipinski definition) is 2. The van der Waals surface area contributed by atoms with E-state index in [-0.39, 0.29) is 5.56 Å². The molecule has 1 aliphatic heterocycles. The number of rotatable bonds is 1. The van der Waals surface area contributed by atoms with Crippen LogP contribution in [0.5, 0.6) is 0 Å². The van der Waals surface area contributed by atoms with Crippen molar-refractivity contribution in [2.75, 3.05) is 13.1 Å². The largest absolute Gasteiger partial charge is 0.316 e. The number of nitrogens with one attached hydrogen (secondary N) is 2. The van der Waals surface area contributed by atoms with E-state index in [0.29, 0.717) is 5.92 Å². The van der Waals surface area contributed by atoms with Gasteiger partial charge in [0.2, 0.25) is 0 Å². The van der Waals surface area contributed by atoms with Crippen LogP contribution in [0.15, 0.2) is 16.9 Å². The minimum absolute atomic E-state index is 0.132. The lowest BCUT2D eigenvalue weighted by Gasteiger charge is -2.21. The fourth-order valence-corrected chi connectivity index (χ4v) is 1.69. The number of H-pyrrole nitrogens is 1. The van der Waals surface area contributed by atoms with Crippen molar-refractivity contribution in [3.05, 3.63) is 28.2 Å². The van der Waals surface area contributed by atoms with Crippen molar-refractivity contribution in [2.24, 2.45) is 0 Å². The molecule has 2 N–H and O–H groups in total. The molecule has 0 saturated carbocycles. The van der Waals surface area contributed by atoms with Gasteiger partial charge in [-0.2, -0.15) is 5.10 Å². The Morgan fingerprint density at radius 3 is 3.00 bits per heavy atom. The molecule has 1 atom stereocenters. The van der Waals surface area contributed by atoms with E-state index in [1.807, 2.05) is 6.07 Å². The number of aromatic nitrogens is 2. The molecular formula is C9H13N3O. The Morgan fingerprint density at radius 1 is 1.46 bits per heavy atom. The first-order chi connectivity index (χ1) is 6.36. The highest BCUT2D eigenvalue weighted by Crippen LogP contribution is 2.19. The van der Waals surface area contributed by atoms with Crippen molar-refractivity contribution < 1.29 is 0 Å². The highest BCUT2D eigenvalue weighted by molar-refractivity contribution is 5.07. The van der Waals surface area contributed by atoms with Crippen molar-refractivity contribution in [3.63, 3.8) is 0 Å². The maximum absolute atomic E-state index is 10.8. The van der Waals surface area contributed by atoms with Crippen LogP contribution in [0.25, 0.3) is 0 Å². The summed E-state index contributed by atoms with van der Waals surface area (Å²) in [6, 6.07) is 3.35. The summed E-state index contributed by atoms with van der Waals surface area (Å²) in [4.78, 5) is 10.8. The molecule has 70 valence electrons. The minimum atomic E-state index is -0.132. The molecular weight excluding hydrogens is 166 g/mol. The second kappa shape index (κ2) is 3.70. The summed E-state index contributed by atoms with van der Waals surface area (Å²) in [5, 5.41) is 9.80. The molecule has 1 aliphatic rings. The standard InChI is InChI=1S/C9H13N3O/c13-9-4-3-8(11-12-9)7-2-1-5-10-6-7/h3-4,7,10H,1-2,5-6H2,(H,12,13)/t7-/m1/s1. The average Bonchev–Trinajstić information content (AvgIpc) is 2.20. The molecule has 0 radical (unpaired) electrons. The molecule has 0 amide bonds. The SMILES string of the molecule is O=c1ccc([C@@H]2CCCNC2)n[nH]1. The van der Waals surface area contributed by atoms with Crippen LogP contribution in [-0.2, 0) is 0 Å². The first-order valence-corrected chi connectivity index (χ1v) is 4.62. The van der Waals surface area contributed by atoms with Crippen LogP contribution in [0.4, 0.5) is 0 Å². The van der Waals surface area contributed by atoms with Gasteiger partial charge < -0.3 is 5.32 Å². The third-order valence-electron chi connectivity index (χ3n) is 2.42. The van der Waals surface area contributed by atoms with E-state index in [2.05, 4.69) is 15.5 Å². The third kappa shape index (κ3) is 1.95. The number of hydrogen-bond acceptors (Lipinski definition) is 3. The first kappa shape index (κ1) is 8.44. The Balaban J connectivity index is 2.14. The average molecular weight is 179 g/mol. The lowest BCUT2D eigenvalue weighted by Crippen LogP contribution is -2.29. The van der Waals surface area contributed by atoms with Crippen molar-refractivity contribution in [1.29, 1.82) is 0 Å². The maximum atomic E-state index is 10.8. The van der Waals surface area contributed by atoms with Gasteiger partial charge >= 0.3 is 0 Å². The minimum Gasteiger partial charge on any atom is -0.316 e. The van der Waals surface area contributed by atoms with Crippen molar-refractivity contribution >= 4 is 0 Å². The molecule has 1 saturated heterocycles. The predicted molar refractivity (Wildman–Crippen MR) is 49.7 cm³/mol. The molecule has 0 unspecified atom stereocenters. The van der Waals surface area contributed by atoms with Gasteiger partial charge in [-0.1, -0.05) is 0 Å². The van der Waals surface area contributed by atoms with E-state index < -0.39 is 0 Å². The van der Waals surface area contributed by atoms with Gasteiger partial charge in [-0.15, -0.1) is 0 Å². The van der Waals surface area contributed by atoms with Gasteiger partial charge in [-0.25, -0.2) is 5.10 Å². The van der Waals surface area contributed by atoms with Gasteiger partial charge in [0.15, 0.2) is 0 Å². The van der Waals surface area contributed by atoms with Gasteiger partial charge in [0.25, 0.3) is 5.56 Å². The van der Waals surface area contributed by atoms with Crippen LogP contribution >= 0.6 is 0 Å². The fraction of sp³-hybridized carbons (Fsp3) is 0.556. The Hall–Kier alpha value is -1.16. The topological polar surface area (TPSA) is 57.8 Å². The van der Waals surface area contributed by atoms with E-state index in [1.165, 1.54) is 12.5 Å². The normalized spacial score (nSPS) is 22.9. The predicted octanol–water partition coefficient (Wildman–Crippen LogP) is 0.237. The van der Waals surface area contributed by atoms with E-state index >= 15 is 0 Å². The van der Waals surface area contributed by atoms with Crippen molar-refractivity contribution in [3.8, 4) is 0 Å². The van der Waals surface area contributed by atoms with Crippen LogP contribution in [-0.4, -0.2) is 23.3 Å². The second-order valence-corrected chi connectivity index (χ2v) is 3.39.